The average molecular weight is 375 g/mol. The summed E-state index contributed by atoms with van der Waals surface area (Å²) in [5, 5.41) is 0. The van der Waals surface area contributed by atoms with Crippen LogP contribution in [0.15, 0.2) is 30.3 Å². The SMILES string of the molecule is C[SiH]C.Cl.Cl.[CH2-]CC.[CH2-]CC.[Zr+3].c1cc[cH-]c1. The third-order valence-electron chi connectivity index (χ3n) is 0.556. The van der Waals surface area contributed by atoms with E-state index in [9.17, 15) is 0 Å². The zero-order valence-electron chi connectivity index (χ0n) is 11.6. The summed E-state index contributed by atoms with van der Waals surface area (Å²) < 4.78 is 0. The summed E-state index contributed by atoms with van der Waals surface area (Å²) in [6.45, 7) is 15.4. The van der Waals surface area contributed by atoms with E-state index in [1.54, 1.807) is 0 Å². The molecule has 0 aliphatic rings. The van der Waals surface area contributed by atoms with Crippen LogP contribution >= 0.6 is 24.8 Å². The molecule has 0 N–H and O–H groups in total. The van der Waals surface area contributed by atoms with Crippen molar-refractivity contribution in [2.75, 3.05) is 0 Å². The molecule has 4 heteroatoms. The van der Waals surface area contributed by atoms with Gasteiger partial charge >= 0.3 is 26.2 Å². The molecule has 0 amide bonds. The first-order valence-corrected chi connectivity index (χ1v) is 7.54. The first-order valence-electron chi connectivity index (χ1n) is 5.24. The Morgan fingerprint density at radius 2 is 1.12 bits per heavy atom. The van der Waals surface area contributed by atoms with Crippen LogP contribution in [0.5, 0.6) is 0 Å². The van der Waals surface area contributed by atoms with Crippen LogP contribution in [0, 0.1) is 13.8 Å². The summed E-state index contributed by atoms with van der Waals surface area (Å²) >= 11 is 0. The van der Waals surface area contributed by atoms with Crippen LogP contribution < -0.4 is 0 Å². The van der Waals surface area contributed by atoms with Gasteiger partial charge in [-0.05, 0) is 0 Å². The van der Waals surface area contributed by atoms with Crippen LogP contribution in [0.25, 0.3) is 0 Å². The van der Waals surface area contributed by atoms with E-state index in [1.165, 1.54) is 0 Å². The summed E-state index contributed by atoms with van der Waals surface area (Å²) in [7, 11) is 0.750. The molecule has 0 spiro atoms. The van der Waals surface area contributed by atoms with Gasteiger partial charge in [0.1, 0.15) is 0 Å². The molecule has 0 fully saturated rings. The topological polar surface area (TPSA) is 0 Å². The van der Waals surface area contributed by atoms with Gasteiger partial charge in [0.25, 0.3) is 0 Å². The maximum absolute atomic E-state index is 3.49. The number of halogens is 2. The standard InChI is InChI=1S/C5H5.2C3H7.C2H7Si.2ClH.Zr/c1-2-4-5-3-1;3*1-3-2;;;/h1-5H;2*1,3H2,2H3;3H,1-2H3;2*1H;/q3*-1;;;;+3. The van der Waals surface area contributed by atoms with Crippen molar-refractivity contribution in [3.63, 3.8) is 0 Å². The van der Waals surface area contributed by atoms with Crippen molar-refractivity contribution in [3.8, 4) is 0 Å². The Morgan fingerprint density at radius 3 is 1.18 bits per heavy atom. The molecule has 0 unspecified atom stereocenters. The van der Waals surface area contributed by atoms with Crippen LogP contribution in [-0.2, 0) is 26.2 Å². The molecule has 0 aliphatic heterocycles. The summed E-state index contributed by atoms with van der Waals surface area (Å²) in [4.78, 5) is 0. The third-order valence-corrected chi connectivity index (χ3v) is 0.556. The Balaban J connectivity index is -0.0000000232. The molecule has 17 heavy (non-hydrogen) atoms. The Labute approximate surface area is 143 Å². The maximum Gasteiger partial charge on any atom is 3.00 e. The zero-order chi connectivity index (χ0) is 11.7. The summed E-state index contributed by atoms with van der Waals surface area (Å²) in [5.41, 5.74) is 0. The second kappa shape index (κ2) is 53.7. The van der Waals surface area contributed by atoms with E-state index in [0.717, 1.165) is 22.4 Å². The van der Waals surface area contributed by atoms with Crippen molar-refractivity contribution in [2.24, 2.45) is 0 Å². The van der Waals surface area contributed by atoms with Crippen molar-refractivity contribution in [3.05, 3.63) is 44.2 Å². The van der Waals surface area contributed by atoms with Crippen molar-refractivity contribution in [1.29, 1.82) is 0 Å². The maximum atomic E-state index is 3.49. The van der Waals surface area contributed by atoms with Crippen LogP contribution in [0.2, 0.25) is 13.1 Å². The molecule has 0 saturated carbocycles. The quantitative estimate of drug-likeness (QED) is 0.431. The van der Waals surface area contributed by atoms with E-state index in [0.29, 0.717) is 0 Å². The molecule has 102 valence electrons. The summed E-state index contributed by atoms with van der Waals surface area (Å²) in [5.74, 6) is 0. The molecule has 0 heterocycles. The Morgan fingerprint density at radius 1 is 0.941 bits per heavy atom. The molecule has 0 bridgehead atoms. The molecular weight excluding hydrogens is 346 g/mol. The van der Waals surface area contributed by atoms with Crippen molar-refractivity contribution >= 4 is 34.3 Å². The van der Waals surface area contributed by atoms with Gasteiger partial charge in [0, 0.05) is 9.52 Å². The fraction of sp³-hybridized carbons (Fsp3) is 0.462. The second-order valence-electron chi connectivity index (χ2n) is 2.54. The van der Waals surface area contributed by atoms with Gasteiger partial charge in [-0.25, -0.2) is 12.1 Å². The summed E-state index contributed by atoms with van der Waals surface area (Å²) in [6.07, 6.45) is 2.00. The molecule has 1 rings (SSSR count). The largest absolute Gasteiger partial charge is 3.00 e. The van der Waals surface area contributed by atoms with Crippen molar-refractivity contribution in [2.45, 2.75) is 39.8 Å². The Bertz CT molecular complexity index is 103. The number of rotatable bonds is 0. The predicted octanol–water partition coefficient (Wildman–Crippen LogP) is 5.23. The fourth-order valence-electron chi connectivity index (χ4n) is 0.321. The molecule has 0 atom stereocenters. The molecule has 0 aromatic heterocycles. The molecule has 2 radical (unpaired) electrons. The van der Waals surface area contributed by atoms with Crippen LogP contribution in [0.3, 0.4) is 0 Å². The van der Waals surface area contributed by atoms with Crippen LogP contribution in [-0.4, -0.2) is 9.52 Å². The predicted molar refractivity (Wildman–Crippen MR) is 86.7 cm³/mol. The third kappa shape index (κ3) is 106. The van der Waals surface area contributed by atoms with E-state index in [4.69, 9.17) is 0 Å². The van der Waals surface area contributed by atoms with E-state index >= 15 is 0 Å². The first-order chi connectivity index (χ1) is 6.74. The molecule has 0 nitrogen and oxygen atoms in total. The van der Waals surface area contributed by atoms with Gasteiger partial charge in [0.15, 0.2) is 0 Å². The normalized spacial score (nSPS) is 5.53. The zero-order valence-corrected chi connectivity index (χ0v) is 16.9. The van der Waals surface area contributed by atoms with Crippen molar-refractivity contribution < 1.29 is 26.2 Å². The average Bonchev–Trinajstić information content (AvgIpc) is 2.63. The van der Waals surface area contributed by atoms with E-state index in [1.807, 2.05) is 44.2 Å². The van der Waals surface area contributed by atoms with Gasteiger partial charge in [-0.2, -0.15) is 31.0 Å². The van der Waals surface area contributed by atoms with Gasteiger partial charge in [-0.1, -0.05) is 26.9 Å². The van der Waals surface area contributed by atoms with Gasteiger partial charge in [0.05, 0.1) is 0 Å². The van der Waals surface area contributed by atoms with Gasteiger partial charge in [-0.3, -0.25) is 0 Å². The smallest absolute Gasteiger partial charge is 0.344 e. The Kier molecular flexibility index (Phi) is 114. The van der Waals surface area contributed by atoms with Crippen LogP contribution in [0.4, 0.5) is 0 Å². The summed E-state index contributed by atoms with van der Waals surface area (Å²) in [6, 6.07) is 10.0. The Hall–Kier alpha value is 1.03. The monoisotopic (exact) mass is 372 g/mol. The minimum absolute atomic E-state index is 0. The van der Waals surface area contributed by atoms with E-state index in [2.05, 4.69) is 26.9 Å². The van der Waals surface area contributed by atoms with Crippen LogP contribution in [0.1, 0.15) is 26.7 Å². The molecule has 1 aromatic carbocycles. The minimum atomic E-state index is 0. The van der Waals surface area contributed by atoms with Gasteiger partial charge < -0.3 is 13.8 Å². The molecule has 1 aromatic rings. The first kappa shape index (κ1) is 36.1. The molecule has 0 aliphatic carbocycles. The van der Waals surface area contributed by atoms with E-state index in [-0.39, 0.29) is 51.0 Å². The van der Waals surface area contributed by atoms with Crippen molar-refractivity contribution in [1.82, 2.24) is 0 Å². The molecular formula is C13H28Cl2SiZr. The number of hydrogen-bond donors (Lipinski definition) is 0. The fourth-order valence-corrected chi connectivity index (χ4v) is 0.321. The number of hydrogen-bond acceptors (Lipinski definition) is 0. The molecule has 0 saturated heterocycles. The minimum Gasteiger partial charge on any atom is -0.344 e. The second-order valence-corrected chi connectivity index (χ2v) is 3.69. The van der Waals surface area contributed by atoms with Gasteiger partial charge in [-0.15, -0.1) is 24.8 Å². The van der Waals surface area contributed by atoms with Gasteiger partial charge in [0.2, 0.25) is 0 Å². The van der Waals surface area contributed by atoms with E-state index < -0.39 is 0 Å².